The molecule has 9 heteroatoms. The minimum absolute atomic E-state index is 0. The van der Waals surface area contributed by atoms with Crippen LogP contribution in [0.2, 0.25) is 0 Å². The molecule has 0 aliphatic carbocycles. The maximum absolute atomic E-state index is 5.29. The summed E-state index contributed by atoms with van der Waals surface area (Å²) in [5, 5.41) is 13.8. The van der Waals surface area contributed by atoms with E-state index in [9.17, 15) is 0 Å². The van der Waals surface area contributed by atoms with Crippen LogP contribution in [0.5, 0.6) is 0 Å². The molecule has 0 amide bonds. The predicted molar refractivity (Wildman–Crippen MR) is 133 cm³/mol. The van der Waals surface area contributed by atoms with E-state index in [4.69, 9.17) is 4.52 Å². The molecule has 0 radical (unpaired) electrons. The fraction of sp³-hybridized carbons (Fsp3) is 0.429. The first-order chi connectivity index (χ1) is 14.2. The van der Waals surface area contributed by atoms with Crippen molar-refractivity contribution < 1.29 is 4.52 Å². The fourth-order valence-electron chi connectivity index (χ4n) is 2.80. The lowest BCUT2D eigenvalue weighted by atomic mass is 10.1. The van der Waals surface area contributed by atoms with Crippen molar-refractivity contribution >= 4 is 41.3 Å². The van der Waals surface area contributed by atoms with E-state index in [1.54, 1.807) is 11.3 Å². The SMILES string of the molecule is CCNC(=NCCc1csc(C)n1)NCCc1ccc(-c2nc(CC)no2)cc1.I. The molecule has 2 heterocycles. The summed E-state index contributed by atoms with van der Waals surface area (Å²) in [6.07, 6.45) is 2.53. The monoisotopic (exact) mass is 540 g/mol. The van der Waals surface area contributed by atoms with E-state index >= 15 is 0 Å². The highest BCUT2D eigenvalue weighted by atomic mass is 127. The van der Waals surface area contributed by atoms with E-state index in [2.05, 4.69) is 55.2 Å². The van der Waals surface area contributed by atoms with E-state index in [1.165, 1.54) is 5.56 Å². The minimum Gasteiger partial charge on any atom is -0.357 e. The van der Waals surface area contributed by atoms with Gasteiger partial charge in [0, 0.05) is 43.4 Å². The van der Waals surface area contributed by atoms with Crippen LogP contribution in [-0.4, -0.2) is 40.7 Å². The van der Waals surface area contributed by atoms with Gasteiger partial charge < -0.3 is 15.2 Å². The van der Waals surface area contributed by atoms with E-state index in [0.717, 1.165) is 66.9 Å². The van der Waals surface area contributed by atoms with Gasteiger partial charge in [0.05, 0.1) is 10.7 Å². The van der Waals surface area contributed by atoms with Gasteiger partial charge in [0.15, 0.2) is 11.8 Å². The number of benzene rings is 1. The Labute approximate surface area is 198 Å². The van der Waals surface area contributed by atoms with Crippen LogP contribution in [0.1, 0.15) is 35.9 Å². The van der Waals surface area contributed by atoms with Crippen LogP contribution in [0.15, 0.2) is 39.2 Å². The standard InChI is InChI=1S/C21H28N6OS.HI/c1-4-19-26-20(28-27-19)17-8-6-16(7-9-17)10-12-23-21(22-5-2)24-13-11-18-14-29-15(3)25-18;/h6-9,14H,4-5,10-13H2,1-3H3,(H2,22,23,24);1H. The Morgan fingerprint density at radius 2 is 1.90 bits per heavy atom. The summed E-state index contributed by atoms with van der Waals surface area (Å²) in [4.78, 5) is 13.5. The molecule has 0 aliphatic rings. The first kappa shape index (κ1) is 24.3. The van der Waals surface area contributed by atoms with Crippen molar-refractivity contribution in [2.45, 2.75) is 40.0 Å². The Bertz CT molecular complexity index is 922. The van der Waals surface area contributed by atoms with Gasteiger partial charge in [-0.1, -0.05) is 24.2 Å². The summed E-state index contributed by atoms with van der Waals surface area (Å²) >= 11 is 1.68. The van der Waals surface area contributed by atoms with Crippen LogP contribution in [0.3, 0.4) is 0 Å². The lowest BCUT2D eigenvalue weighted by Gasteiger charge is -2.11. The Morgan fingerprint density at radius 1 is 1.10 bits per heavy atom. The quantitative estimate of drug-likeness (QED) is 0.242. The van der Waals surface area contributed by atoms with Crippen molar-refractivity contribution in [3.05, 3.63) is 51.7 Å². The van der Waals surface area contributed by atoms with Gasteiger partial charge in [0.25, 0.3) is 5.89 Å². The molecule has 0 saturated carbocycles. The van der Waals surface area contributed by atoms with Crippen molar-refractivity contribution in [3.63, 3.8) is 0 Å². The summed E-state index contributed by atoms with van der Waals surface area (Å²) in [7, 11) is 0. The van der Waals surface area contributed by atoms with Gasteiger partial charge in [-0.2, -0.15) is 4.98 Å². The minimum atomic E-state index is 0. The maximum Gasteiger partial charge on any atom is 0.257 e. The van der Waals surface area contributed by atoms with Crippen molar-refractivity contribution in [3.8, 4) is 11.5 Å². The zero-order chi connectivity index (χ0) is 20.5. The van der Waals surface area contributed by atoms with E-state index in [1.807, 2.05) is 26.0 Å². The number of aryl methyl sites for hydroxylation is 2. The number of hydrogen-bond donors (Lipinski definition) is 2. The number of halogens is 1. The Hall–Kier alpha value is -2.01. The fourth-order valence-corrected chi connectivity index (χ4v) is 3.45. The van der Waals surface area contributed by atoms with Gasteiger partial charge in [-0.3, -0.25) is 4.99 Å². The largest absolute Gasteiger partial charge is 0.357 e. The summed E-state index contributed by atoms with van der Waals surface area (Å²) in [5.41, 5.74) is 3.30. The average Bonchev–Trinajstić information content (AvgIpc) is 3.37. The molecule has 0 saturated heterocycles. The third-order valence-corrected chi connectivity index (χ3v) is 5.16. The third-order valence-electron chi connectivity index (χ3n) is 4.34. The van der Waals surface area contributed by atoms with Crippen molar-refractivity contribution in [2.24, 2.45) is 4.99 Å². The first-order valence-electron chi connectivity index (χ1n) is 10.0. The molecule has 0 atom stereocenters. The molecule has 3 rings (SSSR count). The molecule has 1 aromatic carbocycles. The van der Waals surface area contributed by atoms with Crippen LogP contribution in [0.4, 0.5) is 0 Å². The number of guanidine groups is 1. The molecule has 2 N–H and O–H groups in total. The van der Waals surface area contributed by atoms with Gasteiger partial charge in [-0.05, 0) is 38.0 Å². The van der Waals surface area contributed by atoms with E-state index in [0.29, 0.717) is 5.89 Å². The van der Waals surface area contributed by atoms with Gasteiger partial charge in [-0.15, -0.1) is 35.3 Å². The number of nitrogens with zero attached hydrogens (tertiary/aromatic N) is 4. The molecule has 2 aromatic heterocycles. The highest BCUT2D eigenvalue weighted by Gasteiger charge is 2.07. The van der Waals surface area contributed by atoms with Crippen molar-refractivity contribution in [2.75, 3.05) is 19.6 Å². The normalized spacial score (nSPS) is 11.2. The summed E-state index contributed by atoms with van der Waals surface area (Å²) in [6.45, 7) is 8.47. The summed E-state index contributed by atoms with van der Waals surface area (Å²) in [6, 6.07) is 8.25. The molecule has 0 spiro atoms. The zero-order valence-corrected chi connectivity index (χ0v) is 20.8. The molecule has 7 nitrogen and oxygen atoms in total. The van der Waals surface area contributed by atoms with Crippen LogP contribution in [0, 0.1) is 6.92 Å². The van der Waals surface area contributed by atoms with Gasteiger partial charge >= 0.3 is 0 Å². The molecule has 0 unspecified atom stereocenters. The number of aliphatic imine (C=N–C) groups is 1. The topological polar surface area (TPSA) is 88.2 Å². The smallest absolute Gasteiger partial charge is 0.257 e. The summed E-state index contributed by atoms with van der Waals surface area (Å²) < 4.78 is 5.29. The average molecular weight is 540 g/mol. The maximum atomic E-state index is 5.29. The predicted octanol–water partition coefficient (Wildman–Crippen LogP) is 4.02. The van der Waals surface area contributed by atoms with Crippen LogP contribution >= 0.6 is 35.3 Å². The van der Waals surface area contributed by atoms with Gasteiger partial charge in [0.1, 0.15) is 0 Å². The molecular weight excluding hydrogens is 511 g/mol. The van der Waals surface area contributed by atoms with Crippen molar-refractivity contribution in [1.82, 2.24) is 25.8 Å². The van der Waals surface area contributed by atoms with Crippen LogP contribution in [-0.2, 0) is 19.3 Å². The molecule has 0 fully saturated rings. The van der Waals surface area contributed by atoms with E-state index < -0.39 is 0 Å². The zero-order valence-electron chi connectivity index (χ0n) is 17.6. The Kier molecular flexibility index (Phi) is 10.2. The number of rotatable bonds is 9. The van der Waals surface area contributed by atoms with Gasteiger partial charge in [0.2, 0.25) is 0 Å². The molecule has 162 valence electrons. The molecule has 3 aromatic rings. The van der Waals surface area contributed by atoms with Gasteiger partial charge in [-0.25, -0.2) is 4.98 Å². The summed E-state index contributed by atoms with van der Waals surface area (Å²) in [5.74, 6) is 2.14. The second-order valence-electron chi connectivity index (χ2n) is 6.61. The Balaban J connectivity index is 0.00000320. The lowest BCUT2D eigenvalue weighted by molar-refractivity contribution is 0.423. The van der Waals surface area contributed by atoms with Crippen LogP contribution in [0.25, 0.3) is 11.5 Å². The number of aromatic nitrogens is 3. The van der Waals surface area contributed by atoms with Crippen LogP contribution < -0.4 is 10.6 Å². The highest BCUT2D eigenvalue weighted by molar-refractivity contribution is 14.0. The number of hydrogen-bond acceptors (Lipinski definition) is 6. The second kappa shape index (κ2) is 12.6. The highest BCUT2D eigenvalue weighted by Crippen LogP contribution is 2.18. The molecular formula is C21H29IN6OS. The number of thiazole rings is 1. The first-order valence-corrected chi connectivity index (χ1v) is 10.9. The van der Waals surface area contributed by atoms with Crippen molar-refractivity contribution in [1.29, 1.82) is 0 Å². The molecule has 0 bridgehead atoms. The second-order valence-corrected chi connectivity index (χ2v) is 7.67. The molecule has 0 aliphatic heterocycles. The third kappa shape index (κ3) is 7.35. The van der Waals surface area contributed by atoms with E-state index in [-0.39, 0.29) is 24.0 Å². The molecule has 30 heavy (non-hydrogen) atoms. The lowest BCUT2D eigenvalue weighted by Crippen LogP contribution is -2.38. The number of nitrogens with one attached hydrogen (secondary N) is 2. The Morgan fingerprint density at radius 3 is 2.53 bits per heavy atom.